The van der Waals surface area contributed by atoms with Gasteiger partial charge in [0.05, 0.1) is 29.9 Å². The monoisotopic (exact) mass is 378 g/mol. The van der Waals surface area contributed by atoms with Crippen molar-refractivity contribution < 1.29 is 19.1 Å². The number of rotatable bonds is 4. The minimum atomic E-state index is -1.70. The Labute approximate surface area is 156 Å². The molecule has 2 aliphatic rings. The lowest BCUT2D eigenvalue weighted by Crippen LogP contribution is -2.54. The molecule has 4 nitrogen and oxygen atoms in total. The van der Waals surface area contributed by atoms with Crippen LogP contribution in [-0.2, 0) is 15.1 Å². The van der Waals surface area contributed by atoms with Gasteiger partial charge in [-0.05, 0) is 35.7 Å². The van der Waals surface area contributed by atoms with Crippen LogP contribution in [0.25, 0.3) is 0 Å². The first-order valence-electron chi connectivity index (χ1n) is 8.79. The summed E-state index contributed by atoms with van der Waals surface area (Å²) in [5, 5.41) is 15.1. The van der Waals surface area contributed by atoms with Crippen molar-refractivity contribution in [2.75, 3.05) is 14.1 Å². The molecule has 2 aliphatic heterocycles. The van der Waals surface area contributed by atoms with Crippen molar-refractivity contribution in [3.05, 3.63) is 44.8 Å². The molecular formula is C19H24NO3S2+. The summed E-state index contributed by atoms with van der Waals surface area (Å²) in [6, 6.07) is 8.20. The van der Waals surface area contributed by atoms with Crippen LogP contribution in [0, 0.1) is 0 Å². The van der Waals surface area contributed by atoms with Gasteiger partial charge < -0.3 is 14.3 Å². The van der Waals surface area contributed by atoms with Gasteiger partial charge in [0, 0.05) is 12.8 Å². The van der Waals surface area contributed by atoms with Crippen LogP contribution < -0.4 is 0 Å². The minimum absolute atomic E-state index is 0.110. The smallest absolute Gasteiger partial charge is 0.349 e. The van der Waals surface area contributed by atoms with Gasteiger partial charge in [0.15, 0.2) is 6.10 Å². The lowest BCUT2D eigenvalue weighted by atomic mass is 9.99. The molecule has 0 spiro atoms. The third-order valence-corrected chi connectivity index (χ3v) is 8.03. The van der Waals surface area contributed by atoms with E-state index in [1.54, 1.807) is 12.1 Å². The first-order valence-corrected chi connectivity index (χ1v) is 10.5. The molecule has 3 atom stereocenters. The molecule has 25 heavy (non-hydrogen) atoms. The number of piperidine rings is 1. The van der Waals surface area contributed by atoms with Crippen LogP contribution in [0.1, 0.15) is 35.4 Å². The molecule has 2 bridgehead atoms. The van der Waals surface area contributed by atoms with Crippen LogP contribution in [0.4, 0.5) is 0 Å². The van der Waals surface area contributed by atoms with Gasteiger partial charge >= 0.3 is 5.97 Å². The molecule has 4 rings (SSSR count). The largest absolute Gasteiger partial charge is 0.453 e. The van der Waals surface area contributed by atoms with E-state index in [9.17, 15) is 9.90 Å². The number of hydrogen-bond acceptors (Lipinski definition) is 5. The fourth-order valence-electron chi connectivity index (χ4n) is 4.57. The summed E-state index contributed by atoms with van der Waals surface area (Å²) in [7, 11) is 4.49. The van der Waals surface area contributed by atoms with Crippen LogP contribution >= 0.6 is 22.7 Å². The Morgan fingerprint density at radius 3 is 2.36 bits per heavy atom. The van der Waals surface area contributed by atoms with Gasteiger partial charge in [-0.2, -0.15) is 0 Å². The van der Waals surface area contributed by atoms with Gasteiger partial charge in [0.1, 0.15) is 6.04 Å². The van der Waals surface area contributed by atoms with Crippen LogP contribution in [0.5, 0.6) is 0 Å². The molecular weight excluding hydrogens is 354 g/mol. The second-order valence-electron chi connectivity index (χ2n) is 7.63. The van der Waals surface area contributed by atoms with E-state index in [1.165, 1.54) is 35.5 Å². The lowest BCUT2D eigenvalue weighted by molar-refractivity contribution is -0.931. The van der Waals surface area contributed by atoms with Crippen molar-refractivity contribution in [3.8, 4) is 0 Å². The highest BCUT2D eigenvalue weighted by atomic mass is 32.1. The second kappa shape index (κ2) is 6.20. The predicted molar refractivity (Wildman–Crippen MR) is 99.7 cm³/mol. The van der Waals surface area contributed by atoms with Crippen molar-refractivity contribution in [2.24, 2.45) is 0 Å². The molecule has 0 radical (unpaired) electrons. The molecule has 2 aromatic heterocycles. The topological polar surface area (TPSA) is 46.5 Å². The molecule has 2 aromatic rings. The summed E-state index contributed by atoms with van der Waals surface area (Å²) < 4.78 is 6.91. The number of ether oxygens (including phenoxy) is 1. The van der Waals surface area contributed by atoms with Crippen LogP contribution in [0.3, 0.4) is 0 Å². The summed E-state index contributed by atoms with van der Waals surface area (Å²) in [5.41, 5.74) is -1.70. The van der Waals surface area contributed by atoms with Crippen molar-refractivity contribution in [3.63, 3.8) is 0 Å². The van der Waals surface area contributed by atoms with E-state index in [2.05, 4.69) is 14.1 Å². The van der Waals surface area contributed by atoms with Gasteiger partial charge in [-0.25, -0.2) is 4.79 Å². The third kappa shape index (κ3) is 2.67. The summed E-state index contributed by atoms with van der Waals surface area (Å²) in [6.07, 6.45) is 4.26. The lowest BCUT2D eigenvalue weighted by Gasteiger charge is -2.41. The quantitative estimate of drug-likeness (QED) is 0.655. The van der Waals surface area contributed by atoms with Crippen molar-refractivity contribution in [1.82, 2.24) is 0 Å². The first-order chi connectivity index (χ1) is 11.9. The Kier molecular flexibility index (Phi) is 4.27. The zero-order valence-corrected chi connectivity index (χ0v) is 16.2. The first kappa shape index (κ1) is 17.2. The van der Waals surface area contributed by atoms with Gasteiger partial charge in [0.25, 0.3) is 0 Å². The summed E-state index contributed by atoms with van der Waals surface area (Å²) >= 11 is 2.77. The number of quaternary nitrogens is 1. The Bertz CT molecular complexity index is 705. The number of hydrogen-bond donors (Lipinski definition) is 1. The van der Waals surface area contributed by atoms with Crippen molar-refractivity contribution in [1.29, 1.82) is 0 Å². The number of carbonyl (C=O) groups is 1. The summed E-state index contributed by atoms with van der Waals surface area (Å²) in [5.74, 6) is -0.532. The minimum Gasteiger partial charge on any atom is -0.453 e. The van der Waals surface area contributed by atoms with E-state index in [4.69, 9.17) is 4.74 Å². The summed E-state index contributed by atoms with van der Waals surface area (Å²) in [4.78, 5) is 14.4. The highest BCUT2D eigenvalue weighted by Gasteiger charge is 2.55. The Morgan fingerprint density at radius 2 is 1.84 bits per heavy atom. The van der Waals surface area contributed by atoms with E-state index in [-0.39, 0.29) is 6.10 Å². The van der Waals surface area contributed by atoms with Gasteiger partial charge in [0.2, 0.25) is 5.60 Å². The van der Waals surface area contributed by atoms with Gasteiger partial charge in [-0.1, -0.05) is 12.1 Å². The van der Waals surface area contributed by atoms with Crippen LogP contribution in [0.2, 0.25) is 0 Å². The Morgan fingerprint density at radius 1 is 1.20 bits per heavy atom. The van der Waals surface area contributed by atoms with E-state index in [0.717, 1.165) is 17.3 Å². The van der Waals surface area contributed by atoms with Crippen LogP contribution in [0.15, 0.2) is 35.0 Å². The van der Waals surface area contributed by atoms with Gasteiger partial charge in [-0.3, -0.25) is 0 Å². The molecule has 2 fully saturated rings. The number of nitrogens with zero attached hydrogens (tertiary/aromatic N) is 1. The SMILES string of the molecule is C[N+]1(C)C2CCCC1[C@@H](OC(=O)C(O)(c1cccs1)c1cccs1)C2. The Balaban J connectivity index is 1.63. The molecule has 0 aliphatic carbocycles. The van der Waals surface area contributed by atoms with Crippen molar-refractivity contribution >= 4 is 28.6 Å². The van der Waals surface area contributed by atoms with Crippen molar-refractivity contribution in [2.45, 2.75) is 49.5 Å². The zero-order chi connectivity index (χ0) is 17.7. The zero-order valence-electron chi connectivity index (χ0n) is 14.6. The third-order valence-electron chi connectivity index (χ3n) is 6.08. The number of thiophene rings is 2. The highest BCUT2D eigenvalue weighted by molar-refractivity contribution is 7.12. The van der Waals surface area contributed by atoms with E-state index < -0.39 is 11.6 Å². The molecule has 2 saturated heterocycles. The predicted octanol–water partition coefficient (Wildman–Crippen LogP) is 3.36. The molecule has 6 heteroatoms. The van der Waals surface area contributed by atoms with E-state index in [0.29, 0.717) is 21.8 Å². The number of fused-ring (bicyclic) bond motifs is 2. The second-order valence-corrected chi connectivity index (χ2v) is 9.52. The molecule has 2 unspecified atom stereocenters. The molecule has 1 N–H and O–H groups in total. The van der Waals surface area contributed by atoms with E-state index >= 15 is 0 Å². The number of esters is 1. The number of aliphatic hydroxyl groups is 1. The highest BCUT2D eigenvalue weighted by Crippen LogP contribution is 2.43. The number of carbonyl (C=O) groups excluding carboxylic acids is 1. The maximum Gasteiger partial charge on any atom is 0.349 e. The molecule has 0 amide bonds. The standard InChI is InChI=1S/C19H24NO3S2/c1-20(2)13-6-3-7-14(20)15(12-13)23-18(21)19(22,16-8-4-10-24-16)17-9-5-11-25-17/h4-5,8-11,13-15,22H,3,6-7,12H2,1-2H3/q+1/t13?,14?,15-/m0/s1. The van der Waals surface area contributed by atoms with Gasteiger partial charge in [-0.15, -0.1) is 22.7 Å². The summed E-state index contributed by atoms with van der Waals surface area (Å²) in [6.45, 7) is 0. The maximum absolute atomic E-state index is 13.2. The molecule has 0 aromatic carbocycles. The van der Waals surface area contributed by atoms with Crippen LogP contribution in [-0.4, -0.2) is 47.8 Å². The normalized spacial score (nSPS) is 28.0. The fourth-order valence-corrected chi connectivity index (χ4v) is 6.28. The van der Waals surface area contributed by atoms with E-state index in [1.807, 2.05) is 22.9 Å². The number of likely N-dealkylation sites (N-methyl/N-ethyl adjacent to an activating group) is 1. The fraction of sp³-hybridized carbons (Fsp3) is 0.526. The maximum atomic E-state index is 13.2. The molecule has 0 saturated carbocycles. The average Bonchev–Trinajstić information content (AvgIpc) is 3.29. The molecule has 4 heterocycles. The average molecular weight is 379 g/mol. The Hall–Kier alpha value is -1.21. The molecule has 134 valence electrons.